The van der Waals surface area contributed by atoms with Crippen LogP contribution in [0.4, 0.5) is 0 Å². The fourth-order valence-corrected chi connectivity index (χ4v) is 4.40. The van der Waals surface area contributed by atoms with Crippen LogP contribution < -0.4 is 22.9 Å². The molecule has 3 rings (SSSR count). The van der Waals surface area contributed by atoms with Crippen LogP contribution in [0.3, 0.4) is 0 Å². The van der Waals surface area contributed by atoms with Gasteiger partial charge in [-0.25, -0.2) is 0 Å². The fraction of sp³-hybridized carbons (Fsp3) is 1.00. The number of hydrogen-bond donors (Lipinski definition) is 10. The second-order valence-electron chi connectivity index (χ2n) is 8.68. The first-order valence-corrected chi connectivity index (χ1v) is 10.7. The van der Waals surface area contributed by atoms with Gasteiger partial charge < -0.3 is 72.5 Å². The fourth-order valence-electron chi connectivity index (χ4n) is 4.40. The van der Waals surface area contributed by atoms with E-state index >= 15 is 0 Å². The van der Waals surface area contributed by atoms with Gasteiger partial charge in [0.05, 0.1) is 12.7 Å². The van der Waals surface area contributed by atoms with Crippen LogP contribution in [-0.4, -0.2) is 129 Å². The van der Waals surface area contributed by atoms with Crippen LogP contribution in [-0.2, 0) is 18.9 Å². The second kappa shape index (κ2) is 10.8. The van der Waals surface area contributed by atoms with Crippen LogP contribution >= 0.6 is 0 Å². The van der Waals surface area contributed by atoms with Gasteiger partial charge in [-0.3, -0.25) is 0 Å². The number of hydrogen-bond acceptors (Lipinski definition) is 14. The molecule has 1 aliphatic carbocycles. The predicted octanol–water partition coefficient (Wildman–Crippen LogP) is -6.26. The molecule has 3 fully saturated rings. The number of aliphatic hydroxyl groups is 6. The third-order valence-electron chi connectivity index (χ3n) is 6.35. The van der Waals surface area contributed by atoms with Gasteiger partial charge in [0, 0.05) is 31.1 Å². The minimum Gasteiger partial charge on any atom is -0.394 e. The van der Waals surface area contributed by atoms with E-state index in [4.69, 9.17) is 41.9 Å². The lowest BCUT2D eigenvalue weighted by Crippen LogP contribution is -2.67. The SMILES string of the molecule is NC[C@@H]1O[C@H](O[C@H]2[C@@H](O)[C@H](O[C@@H]3C[C@H](N)[C@H](O)[C@H](CO)O3)[C@H](N)C[C@H]2N)[C@H](O)[C@H](O)[C@@H]1O. The summed E-state index contributed by atoms with van der Waals surface area (Å²) in [7, 11) is 0. The maximum Gasteiger partial charge on any atom is 0.187 e. The van der Waals surface area contributed by atoms with E-state index in [9.17, 15) is 30.6 Å². The molecule has 32 heavy (non-hydrogen) atoms. The highest BCUT2D eigenvalue weighted by molar-refractivity contribution is 5.00. The van der Waals surface area contributed by atoms with Crippen LogP contribution in [0, 0.1) is 0 Å². The molecule has 0 aromatic rings. The molecule has 0 radical (unpaired) electrons. The van der Waals surface area contributed by atoms with Gasteiger partial charge in [0.1, 0.15) is 48.8 Å². The molecule has 0 aromatic heterocycles. The molecule has 2 heterocycles. The average Bonchev–Trinajstić information content (AvgIpc) is 2.76. The van der Waals surface area contributed by atoms with E-state index in [1.54, 1.807) is 0 Å². The van der Waals surface area contributed by atoms with Crippen molar-refractivity contribution in [2.75, 3.05) is 13.2 Å². The zero-order valence-electron chi connectivity index (χ0n) is 17.5. The van der Waals surface area contributed by atoms with Crippen molar-refractivity contribution < 1.29 is 49.6 Å². The summed E-state index contributed by atoms with van der Waals surface area (Å²) in [6, 6.07) is -2.19. The molecule has 188 valence electrons. The van der Waals surface area contributed by atoms with Gasteiger partial charge in [0.15, 0.2) is 12.6 Å². The second-order valence-corrected chi connectivity index (χ2v) is 8.68. The Hall–Kier alpha value is -0.560. The largest absolute Gasteiger partial charge is 0.394 e. The van der Waals surface area contributed by atoms with Crippen LogP contribution in [0.2, 0.25) is 0 Å². The molecular formula is C18H36N4O10. The summed E-state index contributed by atoms with van der Waals surface area (Å²) < 4.78 is 22.5. The molecule has 14 N–H and O–H groups in total. The van der Waals surface area contributed by atoms with Crippen LogP contribution in [0.25, 0.3) is 0 Å². The maximum absolute atomic E-state index is 10.9. The van der Waals surface area contributed by atoms with E-state index in [0.29, 0.717) is 0 Å². The molecule has 2 aliphatic heterocycles. The highest BCUT2D eigenvalue weighted by Crippen LogP contribution is 2.31. The summed E-state index contributed by atoms with van der Waals surface area (Å²) in [5, 5.41) is 60.5. The van der Waals surface area contributed by atoms with Crippen molar-refractivity contribution in [3.63, 3.8) is 0 Å². The Morgan fingerprint density at radius 3 is 1.91 bits per heavy atom. The normalized spacial score (nSPS) is 52.7. The van der Waals surface area contributed by atoms with Crippen molar-refractivity contribution >= 4 is 0 Å². The number of aliphatic hydroxyl groups excluding tert-OH is 6. The van der Waals surface area contributed by atoms with Crippen LogP contribution in [0.1, 0.15) is 12.8 Å². The summed E-state index contributed by atoms with van der Waals surface area (Å²) in [5.74, 6) is 0. The molecule has 0 spiro atoms. The summed E-state index contributed by atoms with van der Waals surface area (Å²) >= 11 is 0. The zero-order chi connectivity index (χ0) is 23.7. The van der Waals surface area contributed by atoms with Crippen molar-refractivity contribution in [1.29, 1.82) is 0 Å². The van der Waals surface area contributed by atoms with E-state index in [2.05, 4.69) is 0 Å². The Bertz CT molecular complexity index is 606. The molecule has 0 unspecified atom stereocenters. The van der Waals surface area contributed by atoms with Crippen molar-refractivity contribution in [2.24, 2.45) is 22.9 Å². The minimum absolute atomic E-state index is 0.0951. The van der Waals surface area contributed by atoms with E-state index in [-0.39, 0.29) is 19.4 Å². The third-order valence-corrected chi connectivity index (χ3v) is 6.35. The van der Waals surface area contributed by atoms with Crippen LogP contribution in [0.5, 0.6) is 0 Å². The van der Waals surface area contributed by atoms with E-state index in [1.807, 2.05) is 0 Å². The lowest BCUT2D eigenvalue weighted by Gasteiger charge is -2.47. The monoisotopic (exact) mass is 468 g/mol. The van der Waals surface area contributed by atoms with Crippen molar-refractivity contribution in [1.82, 2.24) is 0 Å². The highest BCUT2D eigenvalue weighted by atomic mass is 16.7. The van der Waals surface area contributed by atoms with Gasteiger partial charge in [-0.1, -0.05) is 0 Å². The van der Waals surface area contributed by atoms with E-state index in [0.717, 1.165) is 0 Å². The molecule has 14 heteroatoms. The number of nitrogens with two attached hydrogens (primary N) is 4. The Balaban J connectivity index is 1.69. The molecule has 0 aromatic carbocycles. The lowest BCUT2D eigenvalue weighted by molar-refractivity contribution is -0.325. The molecule has 14 atom stereocenters. The van der Waals surface area contributed by atoms with Crippen LogP contribution in [0.15, 0.2) is 0 Å². The van der Waals surface area contributed by atoms with E-state index < -0.39 is 92.2 Å². The van der Waals surface area contributed by atoms with E-state index in [1.165, 1.54) is 0 Å². The predicted molar refractivity (Wildman–Crippen MR) is 106 cm³/mol. The zero-order valence-corrected chi connectivity index (χ0v) is 17.5. The molecular weight excluding hydrogens is 432 g/mol. The summed E-state index contributed by atoms with van der Waals surface area (Å²) in [6.45, 7) is -0.615. The number of rotatable bonds is 6. The first-order chi connectivity index (χ1) is 15.1. The highest BCUT2D eigenvalue weighted by Gasteiger charge is 2.50. The Morgan fingerprint density at radius 2 is 1.31 bits per heavy atom. The minimum atomic E-state index is -1.62. The quantitative estimate of drug-likeness (QED) is 0.174. The standard InChI is InChI=1S/C18H36N4O10/c19-3-8-12(25)13(26)14(27)18(30-8)32-17-7(22)1-6(21)16(15(17)28)31-10-2-5(20)11(24)9(4-23)29-10/h5-18,23-28H,1-4,19-22H2/t5-,6+,7+,8-,9-,10+,11-,12+,13+,14+,15-,16+,17+,18+/m0/s1. The van der Waals surface area contributed by atoms with Crippen molar-refractivity contribution in [2.45, 2.75) is 98.5 Å². The smallest absolute Gasteiger partial charge is 0.187 e. The van der Waals surface area contributed by atoms with Gasteiger partial charge in [-0.15, -0.1) is 0 Å². The molecule has 3 aliphatic rings. The van der Waals surface area contributed by atoms with Gasteiger partial charge in [0.25, 0.3) is 0 Å². The van der Waals surface area contributed by atoms with Gasteiger partial charge in [-0.05, 0) is 6.42 Å². The number of ether oxygens (including phenoxy) is 4. The maximum atomic E-state index is 10.9. The average molecular weight is 469 g/mol. The molecule has 0 amide bonds. The Morgan fingerprint density at radius 1 is 0.688 bits per heavy atom. The molecule has 2 saturated heterocycles. The van der Waals surface area contributed by atoms with Gasteiger partial charge in [0.2, 0.25) is 0 Å². The van der Waals surface area contributed by atoms with Crippen molar-refractivity contribution in [3.05, 3.63) is 0 Å². The lowest BCUT2D eigenvalue weighted by atomic mass is 9.84. The summed E-state index contributed by atoms with van der Waals surface area (Å²) in [5.41, 5.74) is 23.7. The van der Waals surface area contributed by atoms with Gasteiger partial charge >= 0.3 is 0 Å². The third kappa shape index (κ3) is 5.24. The van der Waals surface area contributed by atoms with Gasteiger partial charge in [-0.2, -0.15) is 0 Å². The molecule has 1 saturated carbocycles. The topological polar surface area (TPSA) is 262 Å². The molecule has 0 bridgehead atoms. The Labute approximate surface area is 185 Å². The Kier molecular flexibility index (Phi) is 8.79. The summed E-state index contributed by atoms with van der Waals surface area (Å²) in [6.07, 6.45) is -13.3. The van der Waals surface area contributed by atoms with Crippen molar-refractivity contribution in [3.8, 4) is 0 Å². The summed E-state index contributed by atoms with van der Waals surface area (Å²) in [4.78, 5) is 0. The first kappa shape index (κ1) is 26.1. The first-order valence-electron chi connectivity index (χ1n) is 10.7. The molecule has 14 nitrogen and oxygen atoms in total.